The molecule has 1 atom stereocenters. The second-order valence-electron chi connectivity index (χ2n) is 7.84. The van der Waals surface area contributed by atoms with Gasteiger partial charge in [-0.15, -0.1) is 0 Å². The van der Waals surface area contributed by atoms with E-state index in [9.17, 15) is 9.59 Å². The second-order valence-corrected chi connectivity index (χ2v) is 7.84. The van der Waals surface area contributed by atoms with Crippen molar-refractivity contribution in [1.82, 2.24) is 14.5 Å². The SMILES string of the molecule is O=C(C1COc2ccccc2O1)N1CCN(c2ccc3c(=O)n(CCO)cnc3c2)CC1. The van der Waals surface area contributed by atoms with E-state index in [4.69, 9.17) is 14.6 Å². The minimum absolute atomic E-state index is 0.0660. The number of carbonyl (C=O) groups is 1. The number of hydrogen-bond acceptors (Lipinski definition) is 7. The van der Waals surface area contributed by atoms with Crippen LogP contribution in [-0.2, 0) is 11.3 Å². The Labute approximate surface area is 184 Å². The molecule has 1 fully saturated rings. The summed E-state index contributed by atoms with van der Waals surface area (Å²) in [5.74, 6) is 1.19. The molecule has 9 nitrogen and oxygen atoms in total. The first kappa shape index (κ1) is 20.3. The van der Waals surface area contributed by atoms with Gasteiger partial charge in [0.15, 0.2) is 11.5 Å². The molecule has 1 amide bonds. The first-order valence-electron chi connectivity index (χ1n) is 10.7. The molecule has 0 saturated carbocycles. The van der Waals surface area contributed by atoms with E-state index in [-0.39, 0.29) is 31.2 Å². The predicted octanol–water partition coefficient (Wildman–Crippen LogP) is 0.877. The normalized spacial score (nSPS) is 18.1. The maximum Gasteiger partial charge on any atom is 0.267 e. The number of fused-ring (bicyclic) bond motifs is 2. The summed E-state index contributed by atoms with van der Waals surface area (Å²) in [7, 11) is 0. The van der Waals surface area contributed by atoms with Crippen LogP contribution >= 0.6 is 0 Å². The quantitative estimate of drug-likeness (QED) is 0.648. The molecule has 5 rings (SSSR count). The van der Waals surface area contributed by atoms with Gasteiger partial charge in [-0.3, -0.25) is 14.2 Å². The van der Waals surface area contributed by atoms with Crippen LogP contribution in [0.3, 0.4) is 0 Å². The largest absolute Gasteiger partial charge is 0.485 e. The molecule has 2 aliphatic rings. The predicted molar refractivity (Wildman–Crippen MR) is 118 cm³/mol. The second kappa shape index (κ2) is 8.51. The summed E-state index contributed by atoms with van der Waals surface area (Å²) in [6, 6.07) is 12.9. The lowest BCUT2D eigenvalue weighted by atomic mass is 10.1. The van der Waals surface area contributed by atoms with Crippen LogP contribution in [0.5, 0.6) is 11.5 Å². The van der Waals surface area contributed by atoms with Crippen molar-refractivity contribution in [1.29, 1.82) is 0 Å². The highest BCUT2D eigenvalue weighted by Gasteiger charge is 2.32. The Morgan fingerprint density at radius 2 is 1.88 bits per heavy atom. The zero-order valence-electron chi connectivity index (χ0n) is 17.5. The van der Waals surface area contributed by atoms with Gasteiger partial charge in [-0.1, -0.05) is 12.1 Å². The zero-order valence-corrected chi connectivity index (χ0v) is 17.5. The van der Waals surface area contributed by atoms with Gasteiger partial charge < -0.3 is 24.4 Å². The lowest BCUT2D eigenvalue weighted by Gasteiger charge is -2.38. The number of anilines is 1. The van der Waals surface area contributed by atoms with E-state index >= 15 is 0 Å². The lowest BCUT2D eigenvalue weighted by molar-refractivity contribution is -0.141. The number of benzene rings is 2. The fourth-order valence-electron chi connectivity index (χ4n) is 4.14. The van der Waals surface area contributed by atoms with Gasteiger partial charge in [0.2, 0.25) is 6.10 Å². The molecule has 0 bridgehead atoms. The lowest BCUT2D eigenvalue weighted by Crippen LogP contribution is -2.54. The molecule has 2 aliphatic heterocycles. The Morgan fingerprint density at radius 3 is 2.66 bits per heavy atom. The summed E-state index contributed by atoms with van der Waals surface area (Å²) in [4.78, 5) is 33.8. The minimum Gasteiger partial charge on any atom is -0.485 e. The van der Waals surface area contributed by atoms with Crippen molar-refractivity contribution in [3.05, 3.63) is 59.1 Å². The Kier molecular flexibility index (Phi) is 5.40. The van der Waals surface area contributed by atoms with Crippen LogP contribution < -0.4 is 19.9 Å². The molecule has 9 heteroatoms. The molecule has 0 radical (unpaired) electrons. The van der Waals surface area contributed by atoms with E-state index in [0.29, 0.717) is 48.6 Å². The molecule has 0 aliphatic carbocycles. The number of piperazine rings is 1. The monoisotopic (exact) mass is 436 g/mol. The Bertz CT molecular complexity index is 1200. The average Bonchev–Trinajstić information content (AvgIpc) is 2.85. The topological polar surface area (TPSA) is 97.1 Å². The number of aliphatic hydroxyl groups excluding tert-OH is 1. The maximum atomic E-state index is 12.9. The first-order chi connectivity index (χ1) is 15.6. The van der Waals surface area contributed by atoms with Crippen molar-refractivity contribution >= 4 is 22.5 Å². The molecule has 1 aromatic heterocycles. The molecule has 1 unspecified atom stereocenters. The van der Waals surface area contributed by atoms with Gasteiger partial charge in [-0.2, -0.15) is 0 Å². The highest BCUT2D eigenvalue weighted by atomic mass is 16.6. The minimum atomic E-state index is -0.637. The molecule has 32 heavy (non-hydrogen) atoms. The highest BCUT2D eigenvalue weighted by Crippen LogP contribution is 2.31. The number of aromatic nitrogens is 2. The van der Waals surface area contributed by atoms with Crippen molar-refractivity contribution in [2.24, 2.45) is 0 Å². The van der Waals surface area contributed by atoms with Crippen LogP contribution in [-0.4, -0.2) is 71.0 Å². The Hall–Kier alpha value is -3.59. The summed E-state index contributed by atoms with van der Waals surface area (Å²) in [5, 5.41) is 9.60. The van der Waals surface area contributed by atoms with Crippen molar-refractivity contribution in [3.8, 4) is 11.5 Å². The number of carbonyl (C=O) groups excluding carboxylic acids is 1. The van der Waals surface area contributed by atoms with Crippen molar-refractivity contribution in [3.63, 3.8) is 0 Å². The number of hydrogen-bond donors (Lipinski definition) is 1. The van der Waals surface area contributed by atoms with Gasteiger partial charge in [0.1, 0.15) is 6.61 Å². The van der Waals surface area contributed by atoms with Crippen molar-refractivity contribution in [2.75, 3.05) is 44.3 Å². The van der Waals surface area contributed by atoms with Gasteiger partial charge in [-0.25, -0.2) is 4.98 Å². The Balaban J connectivity index is 1.24. The van der Waals surface area contributed by atoms with Crippen LogP contribution in [0.4, 0.5) is 5.69 Å². The third-order valence-electron chi connectivity index (χ3n) is 5.89. The van der Waals surface area contributed by atoms with E-state index < -0.39 is 6.10 Å². The summed E-state index contributed by atoms with van der Waals surface area (Å²) < 4.78 is 12.9. The molecule has 166 valence electrons. The number of para-hydroxylation sites is 2. The zero-order chi connectivity index (χ0) is 22.1. The molecule has 1 saturated heterocycles. The van der Waals surface area contributed by atoms with E-state index in [2.05, 4.69) is 9.88 Å². The van der Waals surface area contributed by atoms with Crippen molar-refractivity contribution in [2.45, 2.75) is 12.6 Å². The number of nitrogens with zero attached hydrogens (tertiary/aromatic N) is 4. The van der Waals surface area contributed by atoms with Gasteiger partial charge in [0.05, 0.1) is 30.4 Å². The fourth-order valence-corrected chi connectivity index (χ4v) is 4.14. The van der Waals surface area contributed by atoms with Crippen LogP contribution in [0.2, 0.25) is 0 Å². The van der Waals surface area contributed by atoms with Crippen LogP contribution in [0.15, 0.2) is 53.6 Å². The van der Waals surface area contributed by atoms with Gasteiger partial charge >= 0.3 is 0 Å². The Morgan fingerprint density at radius 1 is 1.09 bits per heavy atom. The third-order valence-corrected chi connectivity index (χ3v) is 5.89. The fraction of sp³-hybridized carbons (Fsp3) is 0.348. The van der Waals surface area contributed by atoms with Crippen LogP contribution in [0.1, 0.15) is 0 Å². The molecular weight excluding hydrogens is 412 g/mol. The smallest absolute Gasteiger partial charge is 0.267 e. The molecule has 2 aromatic carbocycles. The van der Waals surface area contributed by atoms with Crippen LogP contribution in [0, 0.1) is 0 Å². The van der Waals surface area contributed by atoms with Gasteiger partial charge in [0, 0.05) is 31.9 Å². The van der Waals surface area contributed by atoms with Gasteiger partial charge in [0.25, 0.3) is 11.5 Å². The molecule has 0 spiro atoms. The van der Waals surface area contributed by atoms with Crippen LogP contribution in [0.25, 0.3) is 10.9 Å². The summed E-state index contributed by atoms with van der Waals surface area (Å²) in [6.45, 7) is 2.81. The molecule has 1 N–H and O–H groups in total. The molecule has 3 heterocycles. The van der Waals surface area contributed by atoms with E-state index in [1.165, 1.54) is 10.9 Å². The summed E-state index contributed by atoms with van der Waals surface area (Å²) in [6.07, 6.45) is 0.827. The number of ether oxygens (including phenoxy) is 2. The van der Waals surface area contributed by atoms with E-state index in [0.717, 1.165) is 5.69 Å². The summed E-state index contributed by atoms with van der Waals surface area (Å²) in [5.41, 5.74) is 1.41. The number of amides is 1. The molecular formula is C23H24N4O5. The van der Waals surface area contributed by atoms with E-state index in [1.807, 2.05) is 35.2 Å². The molecule has 3 aromatic rings. The number of rotatable bonds is 4. The maximum absolute atomic E-state index is 12.9. The summed E-state index contributed by atoms with van der Waals surface area (Å²) >= 11 is 0. The first-order valence-corrected chi connectivity index (χ1v) is 10.7. The third kappa shape index (κ3) is 3.75. The van der Waals surface area contributed by atoms with Crippen molar-refractivity contribution < 1.29 is 19.4 Å². The average molecular weight is 436 g/mol. The standard InChI is InChI=1S/C23H24N4O5/c28-12-11-27-15-24-18-13-16(5-6-17(18)22(27)29)25-7-9-26(10-8-25)23(30)21-14-31-19-3-1-2-4-20(19)32-21/h1-6,13,15,21,28H,7-12,14H2. The van der Waals surface area contributed by atoms with Gasteiger partial charge in [-0.05, 0) is 30.3 Å². The highest BCUT2D eigenvalue weighted by molar-refractivity contribution is 5.83. The van der Waals surface area contributed by atoms with E-state index in [1.54, 1.807) is 12.1 Å². The number of aliphatic hydroxyl groups is 1.